The summed E-state index contributed by atoms with van der Waals surface area (Å²) in [7, 11) is 0. The zero-order chi connectivity index (χ0) is 8.97. The lowest BCUT2D eigenvalue weighted by Crippen LogP contribution is -1.94. The lowest BCUT2D eigenvalue weighted by Gasteiger charge is -2.04. The highest BCUT2D eigenvalue weighted by atomic mass is 32.2. The molecule has 0 unspecified atom stereocenters. The van der Waals surface area contributed by atoms with E-state index in [1.165, 1.54) is 0 Å². The molecule has 0 saturated carbocycles. The van der Waals surface area contributed by atoms with E-state index in [0.717, 1.165) is 23.6 Å². The van der Waals surface area contributed by atoms with E-state index in [1.54, 1.807) is 17.8 Å². The number of rotatable bonds is 0. The fourth-order valence-electron chi connectivity index (χ4n) is 1.05. The molecular weight excluding hydrogens is 170 g/mol. The van der Waals surface area contributed by atoms with Gasteiger partial charge in [-0.25, -0.2) is 0 Å². The predicted octanol–water partition coefficient (Wildman–Crippen LogP) is 2.89. The van der Waals surface area contributed by atoms with Gasteiger partial charge in [-0.1, -0.05) is 0 Å². The van der Waals surface area contributed by atoms with Crippen molar-refractivity contribution in [3.63, 3.8) is 0 Å². The van der Waals surface area contributed by atoms with Gasteiger partial charge in [-0.2, -0.15) is 0 Å². The third-order valence-electron chi connectivity index (χ3n) is 1.61. The zero-order valence-electron chi connectivity index (χ0n) is 7.37. The maximum atomic E-state index is 9.25. The highest BCUT2D eigenvalue weighted by Gasteiger charge is 2.01. The molecule has 1 rings (SSSR count). The van der Waals surface area contributed by atoms with Crippen LogP contribution in [0, 0.1) is 0 Å². The Bertz CT molecular complexity index is 253. The van der Waals surface area contributed by atoms with Gasteiger partial charge in [0.05, 0.1) is 5.04 Å². The first-order chi connectivity index (χ1) is 5.72. The first kappa shape index (κ1) is 9.39. The minimum Gasteiger partial charge on any atom is -0.508 e. The number of thioether (sulfide) groups is 1. The van der Waals surface area contributed by atoms with E-state index in [0.29, 0.717) is 5.76 Å². The Morgan fingerprint density at radius 1 is 1.58 bits per heavy atom. The molecule has 0 atom stereocenters. The summed E-state index contributed by atoms with van der Waals surface area (Å²) in [6.45, 7) is 1.89. The van der Waals surface area contributed by atoms with Gasteiger partial charge in [-0.05, 0) is 32.1 Å². The van der Waals surface area contributed by atoms with Crippen molar-refractivity contribution < 1.29 is 5.11 Å². The van der Waals surface area contributed by atoms with E-state index in [-0.39, 0.29) is 0 Å². The molecule has 66 valence electrons. The Morgan fingerprint density at radius 2 is 2.33 bits per heavy atom. The standard InChI is InChI=1S/C9H13NOS/c1-7-6-8(11)4-3-5-9(10-7)12-2/h4,6,11H,3,5H2,1-2H3/b7-6-,8-4+,10-9+. The summed E-state index contributed by atoms with van der Waals surface area (Å²) in [5.41, 5.74) is 0.868. The number of nitrogens with zero attached hydrogens (tertiary/aromatic N) is 1. The molecule has 2 nitrogen and oxygen atoms in total. The van der Waals surface area contributed by atoms with E-state index in [2.05, 4.69) is 4.99 Å². The fraction of sp³-hybridized carbons (Fsp3) is 0.444. The number of aliphatic hydroxyl groups excluding tert-OH is 1. The van der Waals surface area contributed by atoms with Gasteiger partial charge in [0.15, 0.2) is 0 Å². The molecule has 0 aromatic rings. The molecule has 1 aliphatic heterocycles. The first-order valence-electron chi connectivity index (χ1n) is 3.91. The average Bonchev–Trinajstić information content (AvgIpc) is 1.99. The molecule has 12 heavy (non-hydrogen) atoms. The number of allylic oxidation sites excluding steroid dienone is 3. The number of hydrogen-bond donors (Lipinski definition) is 1. The van der Waals surface area contributed by atoms with Crippen molar-refractivity contribution in [3.8, 4) is 0 Å². The molecule has 0 spiro atoms. The van der Waals surface area contributed by atoms with Gasteiger partial charge < -0.3 is 5.11 Å². The van der Waals surface area contributed by atoms with E-state index in [9.17, 15) is 5.11 Å². The Kier molecular flexibility index (Phi) is 3.41. The van der Waals surface area contributed by atoms with Crippen LogP contribution in [0.25, 0.3) is 0 Å². The highest BCUT2D eigenvalue weighted by molar-refractivity contribution is 8.13. The second-order valence-corrected chi connectivity index (χ2v) is 3.54. The quantitative estimate of drug-likeness (QED) is 0.626. The summed E-state index contributed by atoms with van der Waals surface area (Å²) in [6, 6.07) is 0. The van der Waals surface area contributed by atoms with Crippen molar-refractivity contribution in [2.75, 3.05) is 6.26 Å². The largest absolute Gasteiger partial charge is 0.508 e. The smallest absolute Gasteiger partial charge is 0.113 e. The molecule has 0 radical (unpaired) electrons. The lowest BCUT2D eigenvalue weighted by molar-refractivity contribution is 0.428. The van der Waals surface area contributed by atoms with Crippen molar-refractivity contribution in [3.05, 3.63) is 23.6 Å². The maximum Gasteiger partial charge on any atom is 0.113 e. The van der Waals surface area contributed by atoms with Crippen LogP contribution in [-0.2, 0) is 0 Å². The van der Waals surface area contributed by atoms with Gasteiger partial charge in [-0.15, -0.1) is 11.8 Å². The minimum atomic E-state index is 0.330. The van der Waals surface area contributed by atoms with Crippen molar-refractivity contribution >= 4 is 16.8 Å². The van der Waals surface area contributed by atoms with Crippen molar-refractivity contribution in [2.24, 2.45) is 4.99 Å². The van der Waals surface area contributed by atoms with Crippen LogP contribution in [0.15, 0.2) is 28.6 Å². The number of aliphatic hydroxyl groups is 1. The van der Waals surface area contributed by atoms with E-state index in [4.69, 9.17) is 0 Å². The SMILES string of the molecule is CS/C1=N/C(C)=C\C(O)=C/CC1. The summed E-state index contributed by atoms with van der Waals surface area (Å²) in [4.78, 5) is 4.34. The molecule has 0 amide bonds. The lowest BCUT2D eigenvalue weighted by atomic mass is 10.2. The molecule has 0 aromatic heterocycles. The maximum absolute atomic E-state index is 9.25. The molecule has 0 aromatic carbocycles. The zero-order valence-corrected chi connectivity index (χ0v) is 8.19. The molecule has 3 heteroatoms. The number of hydrogen-bond acceptors (Lipinski definition) is 3. The molecule has 1 heterocycles. The summed E-state index contributed by atoms with van der Waals surface area (Å²) in [5.74, 6) is 0.330. The molecule has 0 saturated heterocycles. The van der Waals surface area contributed by atoms with Gasteiger partial charge in [0.2, 0.25) is 0 Å². The molecule has 0 bridgehead atoms. The Balaban J connectivity index is 2.84. The third-order valence-corrected chi connectivity index (χ3v) is 2.37. The molecule has 0 fully saturated rings. The van der Waals surface area contributed by atoms with Crippen LogP contribution in [0.2, 0.25) is 0 Å². The van der Waals surface area contributed by atoms with E-state index >= 15 is 0 Å². The fourth-order valence-corrected chi connectivity index (χ4v) is 1.61. The topological polar surface area (TPSA) is 32.6 Å². The van der Waals surface area contributed by atoms with E-state index in [1.807, 2.05) is 19.3 Å². The molecule has 1 aliphatic rings. The Hall–Kier alpha value is -0.700. The summed E-state index contributed by atoms with van der Waals surface area (Å²) < 4.78 is 0. The van der Waals surface area contributed by atoms with Gasteiger partial charge in [0.1, 0.15) is 5.76 Å². The van der Waals surface area contributed by atoms with Gasteiger partial charge in [0.25, 0.3) is 0 Å². The monoisotopic (exact) mass is 183 g/mol. The van der Waals surface area contributed by atoms with E-state index < -0.39 is 0 Å². The molecular formula is C9H13NOS. The van der Waals surface area contributed by atoms with Gasteiger partial charge >= 0.3 is 0 Å². The van der Waals surface area contributed by atoms with Crippen molar-refractivity contribution in [1.82, 2.24) is 0 Å². The predicted molar refractivity (Wildman–Crippen MR) is 54.7 cm³/mol. The second-order valence-electron chi connectivity index (χ2n) is 2.66. The summed E-state index contributed by atoms with van der Waals surface area (Å²) in [5, 5.41) is 10.4. The van der Waals surface area contributed by atoms with Crippen LogP contribution in [0.1, 0.15) is 19.8 Å². The van der Waals surface area contributed by atoms with Crippen LogP contribution in [-0.4, -0.2) is 16.4 Å². The number of aliphatic imine (C=N–C) groups is 1. The van der Waals surface area contributed by atoms with Crippen molar-refractivity contribution in [1.29, 1.82) is 0 Å². The molecule has 0 aliphatic carbocycles. The van der Waals surface area contributed by atoms with Crippen molar-refractivity contribution in [2.45, 2.75) is 19.8 Å². The Labute approximate surface area is 77.1 Å². The van der Waals surface area contributed by atoms with Gasteiger partial charge in [0, 0.05) is 11.8 Å². The second kappa shape index (κ2) is 4.36. The minimum absolute atomic E-state index is 0.330. The van der Waals surface area contributed by atoms with Crippen LogP contribution in [0.4, 0.5) is 0 Å². The van der Waals surface area contributed by atoms with Crippen LogP contribution >= 0.6 is 11.8 Å². The van der Waals surface area contributed by atoms with Crippen LogP contribution < -0.4 is 0 Å². The summed E-state index contributed by atoms with van der Waals surface area (Å²) in [6.07, 6.45) is 7.34. The normalized spacial score (nSPS) is 31.7. The van der Waals surface area contributed by atoms with Crippen LogP contribution in [0.5, 0.6) is 0 Å². The average molecular weight is 183 g/mol. The third kappa shape index (κ3) is 2.74. The van der Waals surface area contributed by atoms with Gasteiger partial charge in [-0.3, -0.25) is 4.99 Å². The highest BCUT2D eigenvalue weighted by Crippen LogP contribution is 2.14. The first-order valence-corrected chi connectivity index (χ1v) is 5.14. The summed E-state index contributed by atoms with van der Waals surface area (Å²) >= 11 is 1.67. The van der Waals surface area contributed by atoms with Crippen LogP contribution in [0.3, 0.4) is 0 Å². The Morgan fingerprint density at radius 3 is 3.00 bits per heavy atom. The molecule has 1 N–H and O–H groups in total.